The molecule has 176 valence electrons. The number of nitrogens with one attached hydrogen (secondary N) is 2. The molecule has 34 heavy (non-hydrogen) atoms. The molecule has 0 radical (unpaired) electrons. The van der Waals surface area contributed by atoms with Crippen molar-refractivity contribution in [2.24, 2.45) is 5.92 Å². The van der Waals surface area contributed by atoms with Crippen LogP contribution in [0.5, 0.6) is 17.2 Å². The number of sulfonamides is 1. The van der Waals surface area contributed by atoms with Crippen LogP contribution in [0, 0.1) is 5.92 Å². The Morgan fingerprint density at radius 3 is 2.38 bits per heavy atom. The number of para-hydroxylation sites is 1. The summed E-state index contributed by atoms with van der Waals surface area (Å²) in [7, 11) is -3.83. The van der Waals surface area contributed by atoms with Crippen molar-refractivity contribution in [2.45, 2.75) is 17.7 Å². The van der Waals surface area contributed by atoms with Crippen molar-refractivity contribution < 1.29 is 27.4 Å². The minimum Gasteiger partial charge on any atom is -0.492 e. The fourth-order valence-electron chi connectivity index (χ4n) is 3.89. The average Bonchev–Trinajstić information content (AvgIpc) is 3.10. The van der Waals surface area contributed by atoms with E-state index in [9.17, 15) is 13.2 Å². The molecule has 2 heterocycles. The molecule has 2 aliphatic rings. The van der Waals surface area contributed by atoms with Crippen LogP contribution in [0.2, 0.25) is 0 Å². The van der Waals surface area contributed by atoms with Gasteiger partial charge in [0, 0.05) is 23.9 Å². The molecule has 0 saturated carbocycles. The summed E-state index contributed by atoms with van der Waals surface area (Å²) in [5.74, 6) is 1.32. The molecular formula is C25H24N2O6S. The second kappa shape index (κ2) is 9.26. The standard InChI is InChI=1S/C25H24N2O6S/c28-25(18-14-17-4-1-2-5-22(17)33-16-18)26-19-6-8-20(9-7-19)27-34(29,30)21-10-11-23-24(15-21)32-13-3-12-31-23/h1-2,4-11,15,18,27H,3,12-14,16H2,(H,26,28)/t18-/m1/s1. The second-order valence-corrected chi connectivity index (χ2v) is 9.83. The minimum atomic E-state index is -3.83. The predicted molar refractivity (Wildman–Crippen MR) is 127 cm³/mol. The fraction of sp³-hybridized carbons (Fsp3) is 0.240. The number of hydrogen-bond acceptors (Lipinski definition) is 6. The smallest absolute Gasteiger partial charge is 0.262 e. The molecule has 1 atom stereocenters. The summed E-state index contributed by atoms with van der Waals surface area (Å²) in [6.45, 7) is 1.31. The lowest BCUT2D eigenvalue weighted by Crippen LogP contribution is -2.32. The molecule has 1 amide bonds. The number of amides is 1. The zero-order valence-electron chi connectivity index (χ0n) is 18.3. The highest BCUT2D eigenvalue weighted by Gasteiger charge is 2.26. The van der Waals surface area contributed by atoms with Crippen LogP contribution < -0.4 is 24.2 Å². The maximum absolute atomic E-state index is 12.9. The van der Waals surface area contributed by atoms with E-state index in [0.717, 1.165) is 17.7 Å². The number of rotatable bonds is 5. The number of anilines is 2. The molecule has 0 aromatic heterocycles. The van der Waals surface area contributed by atoms with Gasteiger partial charge in [-0.15, -0.1) is 0 Å². The van der Waals surface area contributed by atoms with Crippen LogP contribution in [0.3, 0.4) is 0 Å². The van der Waals surface area contributed by atoms with E-state index < -0.39 is 10.0 Å². The SMILES string of the molecule is O=C(Nc1ccc(NS(=O)(=O)c2ccc3c(c2)OCCCO3)cc1)[C@H]1COc2ccccc2C1. The van der Waals surface area contributed by atoms with Gasteiger partial charge in [-0.2, -0.15) is 0 Å². The third-order valence-corrected chi connectivity index (χ3v) is 7.06. The Labute approximate surface area is 197 Å². The molecule has 8 nitrogen and oxygen atoms in total. The summed E-state index contributed by atoms with van der Waals surface area (Å²) >= 11 is 0. The van der Waals surface area contributed by atoms with Crippen LogP contribution in [-0.4, -0.2) is 34.1 Å². The van der Waals surface area contributed by atoms with Gasteiger partial charge in [-0.3, -0.25) is 9.52 Å². The third-order valence-electron chi connectivity index (χ3n) is 5.68. The van der Waals surface area contributed by atoms with E-state index in [4.69, 9.17) is 14.2 Å². The van der Waals surface area contributed by atoms with Gasteiger partial charge >= 0.3 is 0 Å². The van der Waals surface area contributed by atoms with Crippen LogP contribution in [0.1, 0.15) is 12.0 Å². The first-order valence-electron chi connectivity index (χ1n) is 11.0. The molecule has 0 aliphatic carbocycles. The third kappa shape index (κ3) is 4.79. The van der Waals surface area contributed by atoms with E-state index in [-0.39, 0.29) is 16.7 Å². The lowest BCUT2D eigenvalue weighted by Gasteiger charge is -2.24. The highest BCUT2D eigenvalue weighted by molar-refractivity contribution is 7.92. The van der Waals surface area contributed by atoms with Crippen molar-refractivity contribution in [1.82, 2.24) is 0 Å². The van der Waals surface area contributed by atoms with Crippen molar-refractivity contribution in [3.63, 3.8) is 0 Å². The lowest BCUT2D eigenvalue weighted by atomic mass is 9.96. The van der Waals surface area contributed by atoms with E-state index >= 15 is 0 Å². The number of ether oxygens (including phenoxy) is 3. The quantitative estimate of drug-likeness (QED) is 0.575. The molecular weight excluding hydrogens is 456 g/mol. The Morgan fingerprint density at radius 1 is 0.824 bits per heavy atom. The van der Waals surface area contributed by atoms with E-state index in [2.05, 4.69) is 10.0 Å². The Hall–Kier alpha value is -3.72. The fourth-order valence-corrected chi connectivity index (χ4v) is 4.96. The van der Waals surface area contributed by atoms with Crippen molar-refractivity contribution in [3.05, 3.63) is 72.3 Å². The Morgan fingerprint density at radius 2 is 1.56 bits per heavy atom. The highest BCUT2D eigenvalue weighted by atomic mass is 32.2. The molecule has 0 unspecified atom stereocenters. The van der Waals surface area contributed by atoms with Gasteiger partial charge in [0.05, 0.1) is 24.0 Å². The number of carbonyl (C=O) groups excluding carboxylic acids is 1. The van der Waals surface area contributed by atoms with E-state index in [1.807, 2.05) is 24.3 Å². The number of fused-ring (bicyclic) bond motifs is 2. The second-order valence-electron chi connectivity index (χ2n) is 8.15. The maximum Gasteiger partial charge on any atom is 0.262 e. The van der Waals surface area contributed by atoms with Gasteiger partial charge in [-0.1, -0.05) is 18.2 Å². The summed E-state index contributed by atoms with van der Waals surface area (Å²) in [6.07, 6.45) is 1.34. The molecule has 3 aromatic rings. The highest BCUT2D eigenvalue weighted by Crippen LogP contribution is 2.33. The summed E-state index contributed by atoms with van der Waals surface area (Å²) in [5.41, 5.74) is 1.95. The van der Waals surface area contributed by atoms with Gasteiger partial charge in [-0.25, -0.2) is 8.42 Å². The summed E-state index contributed by atoms with van der Waals surface area (Å²) in [6, 6.07) is 18.7. The van der Waals surface area contributed by atoms with Gasteiger partial charge < -0.3 is 19.5 Å². The first-order chi connectivity index (χ1) is 16.5. The molecule has 9 heteroatoms. The van der Waals surface area contributed by atoms with E-state index in [0.29, 0.717) is 49.1 Å². The number of carbonyl (C=O) groups is 1. The monoisotopic (exact) mass is 480 g/mol. The Bertz CT molecular complexity index is 1310. The van der Waals surface area contributed by atoms with E-state index in [1.165, 1.54) is 12.1 Å². The van der Waals surface area contributed by atoms with Crippen molar-refractivity contribution >= 4 is 27.3 Å². The molecule has 0 fully saturated rings. The van der Waals surface area contributed by atoms with Crippen molar-refractivity contribution in [2.75, 3.05) is 29.9 Å². The molecule has 0 spiro atoms. The Kier molecular flexibility index (Phi) is 6.02. The largest absolute Gasteiger partial charge is 0.492 e. The van der Waals surface area contributed by atoms with Crippen LogP contribution in [0.15, 0.2) is 71.6 Å². The molecule has 2 N–H and O–H groups in total. The maximum atomic E-state index is 12.9. The summed E-state index contributed by atoms with van der Waals surface area (Å²) in [5, 5.41) is 2.88. The minimum absolute atomic E-state index is 0.0757. The lowest BCUT2D eigenvalue weighted by molar-refractivity contribution is -0.121. The molecule has 3 aromatic carbocycles. The average molecular weight is 481 g/mol. The summed E-state index contributed by atoms with van der Waals surface area (Å²) < 4.78 is 45.1. The molecule has 0 bridgehead atoms. The van der Waals surface area contributed by atoms with Gasteiger partial charge in [0.15, 0.2) is 11.5 Å². The topological polar surface area (TPSA) is 103 Å². The van der Waals surface area contributed by atoms with Crippen LogP contribution in [-0.2, 0) is 21.2 Å². The Balaban J connectivity index is 1.23. The predicted octanol–water partition coefficient (Wildman–Crippen LogP) is 3.84. The van der Waals surface area contributed by atoms with Gasteiger partial charge in [0.1, 0.15) is 12.4 Å². The zero-order chi connectivity index (χ0) is 23.5. The van der Waals surface area contributed by atoms with Gasteiger partial charge in [-0.05, 0) is 54.4 Å². The van der Waals surface area contributed by atoms with Crippen LogP contribution in [0.25, 0.3) is 0 Å². The molecule has 0 saturated heterocycles. The van der Waals surface area contributed by atoms with Crippen molar-refractivity contribution in [1.29, 1.82) is 0 Å². The normalized spacial score (nSPS) is 17.0. The zero-order valence-corrected chi connectivity index (χ0v) is 19.1. The van der Waals surface area contributed by atoms with E-state index in [1.54, 1.807) is 30.3 Å². The van der Waals surface area contributed by atoms with Crippen molar-refractivity contribution in [3.8, 4) is 17.2 Å². The van der Waals surface area contributed by atoms with Gasteiger partial charge in [0.25, 0.3) is 10.0 Å². The van der Waals surface area contributed by atoms with Crippen LogP contribution >= 0.6 is 0 Å². The summed E-state index contributed by atoms with van der Waals surface area (Å²) in [4.78, 5) is 12.8. The first kappa shape index (κ1) is 22.1. The van der Waals surface area contributed by atoms with Crippen LogP contribution in [0.4, 0.5) is 11.4 Å². The molecule has 5 rings (SSSR count). The van der Waals surface area contributed by atoms with Gasteiger partial charge in [0.2, 0.25) is 5.91 Å². The number of benzene rings is 3. The number of hydrogen-bond donors (Lipinski definition) is 2. The first-order valence-corrected chi connectivity index (χ1v) is 12.5. The molecule has 2 aliphatic heterocycles.